The van der Waals surface area contributed by atoms with Gasteiger partial charge in [-0.25, -0.2) is 4.79 Å². The number of ether oxygens (including phenoxy) is 2. The lowest BCUT2D eigenvalue weighted by atomic mass is 9.94. The quantitative estimate of drug-likeness (QED) is 0.231. The van der Waals surface area contributed by atoms with Crippen LogP contribution in [0.4, 0.5) is 5.69 Å². The van der Waals surface area contributed by atoms with Crippen molar-refractivity contribution >= 4 is 29.0 Å². The van der Waals surface area contributed by atoms with Gasteiger partial charge in [-0.15, -0.1) is 0 Å². The summed E-state index contributed by atoms with van der Waals surface area (Å²) in [5, 5.41) is 24.5. The number of nitro benzene ring substituents is 1. The number of carbonyl (C=O) groups is 1. The fraction of sp³-hybridized carbons (Fsp3) is 0.444. The van der Waals surface area contributed by atoms with E-state index in [0.29, 0.717) is 21.9 Å². The standard InChI is InChI=1S/C18H21N3O6S/c1-10-15(17(23)27-8-7-26-2)16(19-18(28)20(10)12-4-5-12)11-3-6-14(22)13(9-11)21(24)25/h3,6,9,12,16,22H,4-5,7-8H2,1-2H3,(H,19,28). The van der Waals surface area contributed by atoms with Gasteiger partial charge in [0.15, 0.2) is 10.9 Å². The molecule has 1 fully saturated rings. The zero-order valence-corrected chi connectivity index (χ0v) is 16.3. The first-order valence-electron chi connectivity index (χ1n) is 8.79. The van der Waals surface area contributed by atoms with Gasteiger partial charge in [0.05, 0.1) is 23.1 Å². The van der Waals surface area contributed by atoms with Crippen molar-refractivity contribution in [2.24, 2.45) is 0 Å². The first kappa shape index (κ1) is 20.0. The highest BCUT2D eigenvalue weighted by molar-refractivity contribution is 7.80. The van der Waals surface area contributed by atoms with Gasteiger partial charge < -0.3 is 24.8 Å². The Morgan fingerprint density at radius 3 is 2.75 bits per heavy atom. The summed E-state index contributed by atoms with van der Waals surface area (Å²) in [6.07, 6.45) is 1.95. The summed E-state index contributed by atoms with van der Waals surface area (Å²) in [6, 6.07) is 3.49. The first-order chi connectivity index (χ1) is 13.3. The van der Waals surface area contributed by atoms with Crippen molar-refractivity contribution in [3.05, 3.63) is 45.1 Å². The molecule has 1 heterocycles. The minimum Gasteiger partial charge on any atom is -0.502 e. The molecule has 2 aliphatic rings. The Bertz CT molecular complexity index is 852. The Morgan fingerprint density at radius 1 is 1.43 bits per heavy atom. The van der Waals surface area contributed by atoms with Crippen molar-refractivity contribution in [2.75, 3.05) is 20.3 Å². The van der Waals surface area contributed by atoms with Crippen LogP contribution in [0, 0.1) is 10.1 Å². The Morgan fingerprint density at radius 2 is 2.14 bits per heavy atom. The van der Waals surface area contributed by atoms with E-state index in [9.17, 15) is 20.0 Å². The molecule has 0 spiro atoms. The number of rotatable bonds is 7. The van der Waals surface area contributed by atoms with Gasteiger partial charge in [-0.05, 0) is 43.6 Å². The van der Waals surface area contributed by atoms with Crippen molar-refractivity contribution in [3.8, 4) is 5.75 Å². The molecule has 0 amide bonds. The number of methoxy groups -OCH3 is 1. The zero-order chi connectivity index (χ0) is 20.4. The summed E-state index contributed by atoms with van der Waals surface area (Å²) in [7, 11) is 1.51. The molecule has 150 valence electrons. The van der Waals surface area contributed by atoms with E-state index in [1.54, 1.807) is 6.92 Å². The third-order valence-electron chi connectivity index (χ3n) is 4.71. The molecule has 0 saturated heterocycles. The lowest BCUT2D eigenvalue weighted by molar-refractivity contribution is -0.385. The number of nitro groups is 1. The van der Waals surface area contributed by atoms with Crippen LogP contribution in [0.15, 0.2) is 29.5 Å². The normalized spacial score (nSPS) is 19.4. The highest BCUT2D eigenvalue weighted by atomic mass is 32.1. The highest BCUT2D eigenvalue weighted by Gasteiger charge is 2.41. The Labute approximate surface area is 167 Å². The number of phenols is 1. The highest BCUT2D eigenvalue weighted by Crippen LogP contribution is 2.39. The van der Waals surface area contributed by atoms with Crippen LogP contribution in [0.25, 0.3) is 0 Å². The molecule has 9 nitrogen and oxygen atoms in total. The van der Waals surface area contributed by atoms with Crippen LogP contribution in [0.5, 0.6) is 5.75 Å². The predicted molar refractivity (Wildman–Crippen MR) is 104 cm³/mol. The SMILES string of the molecule is COCCOC(=O)C1=C(C)N(C2CC2)C(=S)NC1c1ccc(O)c([N+](=O)[O-])c1. The number of aromatic hydroxyl groups is 1. The first-order valence-corrected chi connectivity index (χ1v) is 9.19. The Hall–Kier alpha value is -2.72. The second-order valence-corrected chi connectivity index (χ2v) is 7.00. The molecule has 1 aromatic rings. The zero-order valence-electron chi connectivity index (χ0n) is 15.5. The molecular weight excluding hydrogens is 386 g/mol. The average molecular weight is 407 g/mol. The maximum atomic E-state index is 12.8. The number of hydrogen-bond donors (Lipinski definition) is 2. The molecule has 0 bridgehead atoms. The third kappa shape index (κ3) is 3.92. The summed E-state index contributed by atoms with van der Waals surface area (Å²) in [5.74, 6) is -0.993. The third-order valence-corrected chi connectivity index (χ3v) is 5.02. The van der Waals surface area contributed by atoms with Gasteiger partial charge in [0.1, 0.15) is 6.61 Å². The smallest absolute Gasteiger partial charge is 0.338 e. The molecule has 10 heteroatoms. The molecule has 1 unspecified atom stereocenters. The number of esters is 1. The number of allylic oxidation sites excluding steroid dienone is 1. The predicted octanol–water partition coefficient (Wildman–Crippen LogP) is 2.16. The van der Waals surface area contributed by atoms with E-state index < -0.39 is 28.4 Å². The minimum atomic E-state index is -0.725. The van der Waals surface area contributed by atoms with Gasteiger partial charge in [-0.2, -0.15) is 0 Å². The van der Waals surface area contributed by atoms with Gasteiger partial charge >= 0.3 is 11.7 Å². The summed E-state index contributed by atoms with van der Waals surface area (Å²) in [6.45, 7) is 2.13. The van der Waals surface area contributed by atoms with Crippen molar-refractivity contribution in [1.82, 2.24) is 10.2 Å². The van der Waals surface area contributed by atoms with Crippen LogP contribution < -0.4 is 5.32 Å². The summed E-state index contributed by atoms with van der Waals surface area (Å²) in [4.78, 5) is 25.2. The van der Waals surface area contributed by atoms with Crippen LogP contribution in [-0.2, 0) is 14.3 Å². The van der Waals surface area contributed by atoms with Crippen LogP contribution in [-0.4, -0.2) is 52.4 Å². The maximum absolute atomic E-state index is 12.8. The topological polar surface area (TPSA) is 114 Å². The molecule has 28 heavy (non-hydrogen) atoms. The van der Waals surface area contributed by atoms with Gasteiger partial charge in [0, 0.05) is 24.9 Å². The number of benzene rings is 1. The van der Waals surface area contributed by atoms with E-state index in [4.69, 9.17) is 21.7 Å². The van der Waals surface area contributed by atoms with E-state index >= 15 is 0 Å². The van der Waals surface area contributed by atoms with Gasteiger partial charge in [-0.1, -0.05) is 6.07 Å². The Balaban J connectivity index is 2.02. The van der Waals surface area contributed by atoms with Crippen molar-refractivity contribution in [3.63, 3.8) is 0 Å². The molecule has 1 saturated carbocycles. The van der Waals surface area contributed by atoms with E-state index in [1.165, 1.54) is 25.3 Å². The second-order valence-electron chi connectivity index (χ2n) is 6.62. The van der Waals surface area contributed by atoms with E-state index in [2.05, 4.69) is 5.32 Å². The fourth-order valence-electron chi connectivity index (χ4n) is 3.21. The maximum Gasteiger partial charge on any atom is 0.338 e. The van der Waals surface area contributed by atoms with Crippen LogP contribution in [0.1, 0.15) is 31.4 Å². The monoisotopic (exact) mass is 407 g/mol. The molecule has 0 radical (unpaired) electrons. The summed E-state index contributed by atoms with van der Waals surface area (Å²) >= 11 is 5.48. The lowest BCUT2D eigenvalue weighted by Gasteiger charge is -2.37. The number of hydrogen-bond acceptors (Lipinski definition) is 7. The minimum absolute atomic E-state index is 0.0857. The molecule has 2 N–H and O–H groups in total. The fourth-order valence-corrected chi connectivity index (χ4v) is 3.61. The van der Waals surface area contributed by atoms with Crippen molar-refractivity contribution in [1.29, 1.82) is 0 Å². The largest absolute Gasteiger partial charge is 0.502 e. The van der Waals surface area contributed by atoms with Gasteiger partial charge in [0.25, 0.3) is 0 Å². The molecule has 1 aliphatic heterocycles. The van der Waals surface area contributed by atoms with Crippen LogP contribution in [0.2, 0.25) is 0 Å². The van der Waals surface area contributed by atoms with Crippen LogP contribution in [0.3, 0.4) is 0 Å². The summed E-state index contributed by atoms with van der Waals surface area (Å²) in [5.41, 5.74) is 0.978. The number of nitrogens with zero attached hydrogens (tertiary/aromatic N) is 2. The second kappa shape index (κ2) is 8.11. The number of carbonyl (C=O) groups excluding carboxylic acids is 1. The summed E-state index contributed by atoms with van der Waals surface area (Å²) < 4.78 is 10.2. The van der Waals surface area contributed by atoms with E-state index in [-0.39, 0.29) is 19.3 Å². The molecular formula is C18H21N3O6S. The van der Waals surface area contributed by atoms with E-state index in [1.807, 2.05) is 4.90 Å². The lowest BCUT2D eigenvalue weighted by Crippen LogP contribution is -2.48. The molecule has 1 atom stereocenters. The number of nitrogens with one attached hydrogen (secondary N) is 1. The average Bonchev–Trinajstić information content (AvgIpc) is 3.46. The number of thiocarbonyl (C=S) groups is 1. The van der Waals surface area contributed by atoms with Gasteiger partial charge in [0.2, 0.25) is 0 Å². The Kier molecular flexibility index (Phi) is 5.80. The molecule has 3 rings (SSSR count). The number of phenolic OH excluding ortho intramolecular Hbond substituents is 1. The van der Waals surface area contributed by atoms with Crippen LogP contribution >= 0.6 is 12.2 Å². The molecule has 1 aromatic carbocycles. The molecule has 1 aliphatic carbocycles. The van der Waals surface area contributed by atoms with Crippen molar-refractivity contribution < 1.29 is 24.3 Å². The molecule has 0 aromatic heterocycles. The van der Waals surface area contributed by atoms with Gasteiger partial charge in [-0.3, -0.25) is 10.1 Å². The van der Waals surface area contributed by atoms with Crippen molar-refractivity contribution in [2.45, 2.75) is 31.8 Å². The van der Waals surface area contributed by atoms with E-state index in [0.717, 1.165) is 12.8 Å².